The first kappa shape index (κ1) is 16.7. The van der Waals surface area contributed by atoms with E-state index in [0.29, 0.717) is 11.3 Å². The van der Waals surface area contributed by atoms with Crippen molar-refractivity contribution in [3.63, 3.8) is 0 Å². The molecule has 5 nitrogen and oxygen atoms in total. The first-order valence-electron chi connectivity index (χ1n) is 6.33. The smallest absolute Gasteiger partial charge is 0.331 e. The molecule has 114 valence electrons. The lowest BCUT2D eigenvalue weighted by Crippen LogP contribution is -2.28. The van der Waals surface area contributed by atoms with Crippen LogP contribution in [0.15, 0.2) is 29.3 Å². The summed E-state index contributed by atoms with van der Waals surface area (Å²) in [5.41, 5.74) is 0.544. The lowest BCUT2D eigenvalue weighted by molar-refractivity contribution is -0.133. The Bertz CT molecular complexity index is 595. The maximum absolute atomic E-state index is 13.3. The maximum Gasteiger partial charge on any atom is 0.331 e. The molecule has 0 saturated heterocycles. The van der Waals surface area contributed by atoms with Gasteiger partial charge in [0.15, 0.2) is 0 Å². The molecule has 0 spiro atoms. The van der Waals surface area contributed by atoms with Gasteiger partial charge in [-0.05, 0) is 39.0 Å². The van der Waals surface area contributed by atoms with Crippen molar-refractivity contribution in [2.45, 2.75) is 26.8 Å². The molecule has 0 aliphatic rings. The van der Waals surface area contributed by atoms with E-state index in [1.165, 1.54) is 39.2 Å². The van der Waals surface area contributed by atoms with Gasteiger partial charge in [0.2, 0.25) is 5.91 Å². The van der Waals surface area contributed by atoms with Crippen molar-refractivity contribution in [3.05, 3.63) is 40.7 Å². The van der Waals surface area contributed by atoms with E-state index >= 15 is 0 Å². The van der Waals surface area contributed by atoms with E-state index in [1.807, 2.05) is 0 Å². The van der Waals surface area contributed by atoms with Gasteiger partial charge < -0.3 is 15.2 Å². The van der Waals surface area contributed by atoms with Crippen molar-refractivity contribution in [3.8, 4) is 5.75 Å². The van der Waals surface area contributed by atoms with Gasteiger partial charge in [-0.25, -0.2) is 9.18 Å². The highest BCUT2D eigenvalue weighted by Crippen LogP contribution is 2.26. The largest absolute Gasteiger partial charge is 0.496 e. The van der Waals surface area contributed by atoms with Crippen LogP contribution in [0.1, 0.15) is 32.4 Å². The molecule has 6 heteroatoms. The number of nitrogens with one attached hydrogen (secondary N) is 1. The van der Waals surface area contributed by atoms with E-state index < -0.39 is 23.7 Å². The normalized spacial score (nSPS) is 13.2. The van der Waals surface area contributed by atoms with E-state index in [-0.39, 0.29) is 11.1 Å². The highest BCUT2D eigenvalue weighted by molar-refractivity contribution is 6.01. The van der Waals surface area contributed by atoms with Gasteiger partial charge in [-0.2, -0.15) is 0 Å². The van der Waals surface area contributed by atoms with Gasteiger partial charge in [0.05, 0.1) is 13.2 Å². The summed E-state index contributed by atoms with van der Waals surface area (Å²) in [5, 5.41) is 11.5. The fourth-order valence-corrected chi connectivity index (χ4v) is 1.76. The van der Waals surface area contributed by atoms with E-state index in [1.54, 1.807) is 6.92 Å². The molecule has 1 rings (SSSR count). The van der Waals surface area contributed by atoms with E-state index in [9.17, 15) is 14.0 Å². The van der Waals surface area contributed by atoms with Crippen molar-refractivity contribution in [2.75, 3.05) is 7.11 Å². The topological polar surface area (TPSA) is 75.6 Å². The Morgan fingerprint density at radius 2 is 1.90 bits per heavy atom. The van der Waals surface area contributed by atoms with Crippen LogP contribution in [-0.4, -0.2) is 24.1 Å². The molecule has 0 bridgehead atoms. The Balaban J connectivity index is 2.99. The molecule has 21 heavy (non-hydrogen) atoms. The summed E-state index contributed by atoms with van der Waals surface area (Å²) in [6, 6.07) is 3.47. The zero-order chi connectivity index (χ0) is 16.2. The third-order valence-electron chi connectivity index (χ3n) is 3.23. The molecule has 0 aliphatic carbocycles. The number of halogens is 1. The molecule has 2 N–H and O–H groups in total. The Morgan fingerprint density at radius 3 is 2.43 bits per heavy atom. The fourth-order valence-electron chi connectivity index (χ4n) is 1.76. The second-order valence-electron chi connectivity index (χ2n) is 4.64. The number of hydrogen-bond acceptors (Lipinski definition) is 3. The fraction of sp³-hybridized carbons (Fsp3) is 0.333. The van der Waals surface area contributed by atoms with Crippen LogP contribution in [0, 0.1) is 5.82 Å². The highest BCUT2D eigenvalue weighted by atomic mass is 19.1. The van der Waals surface area contributed by atoms with E-state index in [4.69, 9.17) is 9.84 Å². The van der Waals surface area contributed by atoms with Gasteiger partial charge in [-0.15, -0.1) is 0 Å². The molecule has 1 amide bonds. The second kappa shape index (κ2) is 6.88. The highest BCUT2D eigenvalue weighted by Gasteiger charge is 2.18. The minimum Gasteiger partial charge on any atom is -0.496 e. The Hall–Kier alpha value is -2.37. The standard InChI is InChI=1S/C15H18FNO4/c1-8(9(2)15(19)20)14(18)17-10(3)12-7-11(16)5-6-13(12)21-4/h5-7,10H,1-4H3,(H,17,18)(H,19,20). The van der Waals surface area contributed by atoms with Crippen molar-refractivity contribution < 1.29 is 23.8 Å². The molecular weight excluding hydrogens is 277 g/mol. The van der Waals surface area contributed by atoms with Crippen LogP contribution < -0.4 is 10.1 Å². The molecule has 1 aromatic carbocycles. The van der Waals surface area contributed by atoms with Crippen molar-refractivity contribution in [1.29, 1.82) is 0 Å². The molecule has 0 radical (unpaired) electrons. The van der Waals surface area contributed by atoms with E-state index in [0.717, 1.165) is 0 Å². The summed E-state index contributed by atoms with van der Waals surface area (Å²) >= 11 is 0. The lowest BCUT2D eigenvalue weighted by Gasteiger charge is -2.18. The van der Waals surface area contributed by atoms with Crippen molar-refractivity contribution in [2.24, 2.45) is 0 Å². The third-order valence-corrected chi connectivity index (χ3v) is 3.23. The summed E-state index contributed by atoms with van der Waals surface area (Å²) in [6.07, 6.45) is 0. The predicted octanol–water partition coefficient (Wildman–Crippen LogP) is 2.43. The van der Waals surface area contributed by atoms with Crippen LogP contribution in [-0.2, 0) is 9.59 Å². The number of ether oxygens (including phenoxy) is 1. The van der Waals surface area contributed by atoms with Crippen LogP contribution >= 0.6 is 0 Å². The van der Waals surface area contributed by atoms with Gasteiger partial charge >= 0.3 is 5.97 Å². The Kier molecular flexibility index (Phi) is 5.46. The number of benzene rings is 1. The first-order chi connectivity index (χ1) is 9.77. The number of carboxylic acid groups (broad SMARTS) is 1. The van der Waals surface area contributed by atoms with Crippen LogP contribution in [0.2, 0.25) is 0 Å². The van der Waals surface area contributed by atoms with Crippen LogP contribution in [0.5, 0.6) is 5.75 Å². The molecular formula is C15H18FNO4. The predicted molar refractivity (Wildman–Crippen MR) is 75.5 cm³/mol. The Labute approximate surface area is 122 Å². The van der Waals surface area contributed by atoms with Gasteiger partial charge in [-0.3, -0.25) is 4.79 Å². The molecule has 0 aliphatic heterocycles. The quantitative estimate of drug-likeness (QED) is 0.818. The summed E-state index contributed by atoms with van der Waals surface area (Å²) in [6.45, 7) is 4.44. The summed E-state index contributed by atoms with van der Waals surface area (Å²) in [4.78, 5) is 22.8. The van der Waals surface area contributed by atoms with Crippen molar-refractivity contribution in [1.82, 2.24) is 5.32 Å². The molecule has 0 fully saturated rings. The summed E-state index contributed by atoms with van der Waals surface area (Å²) in [7, 11) is 1.45. The lowest BCUT2D eigenvalue weighted by atomic mass is 10.1. The molecule has 1 atom stereocenters. The number of aliphatic carboxylic acids is 1. The number of carboxylic acids is 1. The molecule has 0 saturated carbocycles. The first-order valence-corrected chi connectivity index (χ1v) is 6.33. The number of carbonyl (C=O) groups excluding carboxylic acids is 1. The van der Waals surface area contributed by atoms with Crippen molar-refractivity contribution >= 4 is 11.9 Å². The third kappa shape index (κ3) is 4.05. The molecule has 0 aromatic heterocycles. The SMILES string of the molecule is COc1ccc(F)cc1C(C)NC(=O)C(C)=C(C)C(=O)O. The summed E-state index contributed by atoms with van der Waals surface area (Å²) < 4.78 is 18.4. The molecule has 0 heterocycles. The number of hydrogen-bond donors (Lipinski definition) is 2. The second-order valence-corrected chi connectivity index (χ2v) is 4.64. The van der Waals surface area contributed by atoms with Gasteiger partial charge in [0, 0.05) is 16.7 Å². The minimum absolute atomic E-state index is 0.0362. The number of rotatable bonds is 5. The average molecular weight is 295 g/mol. The zero-order valence-corrected chi connectivity index (χ0v) is 12.4. The monoisotopic (exact) mass is 295 g/mol. The minimum atomic E-state index is -1.15. The van der Waals surface area contributed by atoms with Crippen LogP contribution in [0.4, 0.5) is 4.39 Å². The number of amides is 1. The van der Waals surface area contributed by atoms with Gasteiger partial charge in [0.1, 0.15) is 11.6 Å². The van der Waals surface area contributed by atoms with Crippen LogP contribution in [0.3, 0.4) is 0 Å². The average Bonchev–Trinajstić information content (AvgIpc) is 2.45. The maximum atomic E-state index is 13.3. The van der Waals surface area contributed by atoms with Crippen LogP contribution in [0.25, 0.3) is 0 Å². The number of methoxy groups -OCH3 is 1. The molecule has 1 unspecified atom stereocenters. The van der Waals surface area contributed by atoms with Gasteiger partial charge in [0.25, 0.3) is 0 Å². The summed E-state index contributed by atoms with van der Waals surface area (Å²) in [5.74, 6) is -1.67. The Morgan fingerprint density at radius 1 is 1.29 bits per heavy atom. The van der Waals surface area contributed by atoms with Gasteiger partial charge in [-0.1, -0.05) is 0 Å². The zero-order valence-electron chi connectivity index (χ0n) is 12.4. The molecule has 1 aromatic rings. The number of carbonyl (C=O) groups is 2. The van der Waals surface area contributed by atoms with E-state index in [2.05, 4.69) is 5.32 Å².